The van der Waals surface area contributed by atoms with Crippen molar-refractivity contribution in [3.05, 3.63) is 23.8 Å². The average molecular weight is 497 g/mol. The molecule has 1 saturated heterocycles. The monoisotopic (exact) mass is 496 g/mol. The molecule has 34 heavy (non-hydrogen) atoms. The molecular weight excluding hydrogens is 464 g/mol. The minimum Gasteiger partial charge on any atom is -0.493 e. The molecule has 2 aliphatic rings. The number of esters is 1. The Bertz CT molecular complexity index is 1000. The van der Waals surface area contributed by atoms with Crippen LogP contribution in [0.2, 0.25) is 0 Å². The lowest BCUT2D eigenvalue weighted by Gasteiger charge is -2.38. The fourth-order valence-electron chi connectivity index (χ4n) is 4.56. The Balaban J connectivity index is 1.54. The molecule has 1 aromatic carbocycles. The van der Waals surface area contributed by atoms with Gasteiger partial charge < -0.3 is 24.4 Å². The van der Waals surface area contributed by atoms with Crippen LogP contribution in [0.15, 0.2) is 18.2 Å². The van der Waals surface area contributed by atoms with Gasteiger partial charge in [0.15, 0.2) is 27.9 Å². The number of carbonyl (C=O) groups is 3. The lowest BCUT2D eigenvalue weighted by atomic mass is 9.93. The maximum Gasteiger partial charge on any atom is 0.325 e. The lowest BCUT2D eigenvalue weighted by molar-refractivity contribution is -0.153. The Morgan fingerprint density at radius 2 is 1.71 bits per heavy atom. The molecule has 1 atom stereocenters. The van der Waals surface area contributed by atoms with Crippen LogP contribution in [0.25, 0.3) is 0 Å². The second-order valence-corrected chi connectivity index (χ2v) is 10.8. The standard InChI is InChI=1S/C23H32N2O8S/c1-31-19-9-8-16(12-20(19)32-2)23(28)24-13-22(27)33-14-21(26)25(17-6-4-3-5-7-17)18-10-11-34(29,30)15-18/h8-9,12,17-18H,3-7,10-11,13-15H2,1-2H3,(H,24,28). The average Bonchev–Trinajstić information content (AvgIpc) is 3.20. The van der Waals surface area contributed by atoms with Crippen molar-refractivity contribution >= 4 is 27.6 Å². The number of hydrogen-bond donors (Lipinski definition) is 1. The molecule has 2 amide bonds. The van der Waals surface area contributed by atoms with Crippen molar-refractivity contribution in [2.75, 3.05) is 38.9 Å². The Morgan fingerprint density at radius 1 is 1.00 bits per heavy atom. The molecule has 1 aliphatic carbocycles. The third-order valence-electron chi connectivity index (χ3n) is 6.25. The van der Waals surface area contributed by atoms with Gasteiger partial charge in [0, 0.05) is 17.6 Å². The molecule has 1 aliphatic heterocycles. The van der Waals surface area contributed by atoms with Crippen molar-refractivity contribution in [2.45, 2.75) is 50.6 Å². The number of benzene rings is 1. The van der Waals surface area contributed by atoms with Gasteiger partial charge in [-0.15, -0.1) is 0 Å². The number of hydrogen-bond acceptors (Lipinski definition) is 8. The fourth-order valence-corrected chi connectivity index (χ4v) is 6.27. The van der Waals surface area contributed by atoms with Crippen LogP contribution < -0.4 is 14.8 Å². The van der Waals surface area contributed by atoms with Gasteiger partial charge >= 0.3 is 5.97 Å². The lowest BCUT2D eigenvalue weighted by Crippen LogP contribution is -2.50. The number of rotatable bonds is 9. The third kappa shape index (κ3) is 6.62. The van der Waals surface area contributed by atoms with E-state index in [0.717, 1.165) is 32.1 Å². The van der Waals surface area contributed by atoms with Gasteiger partial charge in [0.05, 0.1) is 25.7 Å². The topological polar surface area (TPSA) is 128 Å². The minimum atomic E-state index is -3.16. The van der Waals surface area contributed by atoms with E-state index in [4.69, 9.17) is 14.2 Å². The molecule has 1 N–H and O–H groups in total. The molecule has 1 aromatic rings. The molecule has 0 bridgehead atoms. The van der Waals surface area contributed by atoms with Crippen LogP contribution in [0.1, 0.15) is 48.9 Å². The van der Waals surface area contributed by atoms with Crippen molar-refractivity contribution < 1.29 is 37.0 Å². The first kappa shape index (κ1) is 25.8. The summed E-state index contributed by atoms with van der Waals surface area (Å²) in [6, 6.07) is 4.17. The highest BCUT2D eigenvalue weighted by Crippen LogP contribution is 2.29. The predicted octanol–water partition coefficient (Wildman–Crippen LogP) is 1.33. The molecule has 0 aromatic heterocycles. The molecule has 1 heterocycles. The Kier molecular flexibility index (Phi) is 8.76. The second kappa shape index (κ2) is 11.5. The summed E-state index contributed by atoms with van der Waals surface area (Å²) in [6.07, 6.45) is 5.09. The van der Waals surface area contributed by atoms with Gasteiger partial charge in [0.1, 0.15) is 6.54 Å². The first-order valence-electron chi connectivity index (χ1n) is 11.4. The fraction of sp³-hybridized carbons (Fsp3) is 0.609. The Labute approximate surface area is 199 Å². The molecule has 11 heteroatoms. The highest BCUT2D eigenvalue weighted by atomic mass is 32.2. The van der Waals surface area contributed by atoms with Crippen molar-refractivity contribution in [2.24, 2.45) is 0 Å². The highest BCUT2D eigenvalue weighted by Gasteiger charge is 2.38. The summed E-state index contributed by atoms with van der Waals surface area (Å²) < 4.78 is 39.4. The number of nitrogens with zero attached hydrogens (tertiary/aromatic N) is 1. The molecule has 188 valence electrons. The first-order valence-corrected chi connectivity index (χ1v) is 13.2. The third-order valence-corrected chi connectivity index (χ3v) is 8.00. The van der Waals surface area contributed by atoms with E-state index in [2.05, 4.69) is 5.32 Å². The Morgan fingerprint density at radius 3 is 2.32 bits per heavy atom. The number of carbonyl (C=O) groups excluding carboxylic acids is 3. The number of ether oxygens (including phenoxy) is 3. The summed E-state index contributed by atoms with van der Waals surface area (Å²) in [7, 11) is -0.232. The largest absolute Gasteiger partial charge is 0.493 e. The number of amides is 2. The van der Waals surface area contributed by atoms with Crippen molar-refractivity contribution in [3.63, 3.8) is 0 Å². The number of nitrogens with one attached hydrogen (secondary N) is 1. The summed E-state index contributed by atoms with van der Waals surface area (Å²) in [4.78, 5) is 39.2. The van der Waals surface area contributed by atoms with Crippen LogP contribution in [-0.2, 0) is 24.2 Å². The number of sulfone groups is 1. The van der Waals surface area contributed by atoms with E-state index in [0.29, 0.717) is 17.9 Å². The van der Waals surface area contributed by atoms with Gasteiger partial charge in [-0.25, -0.2) is 8.42 Å². The van der Waals surface area contributed by atoms with Crippen molar-refractivity contribution in [1.29, 1.82) is 0 Å². The molecule has 0 radical (unpaired) electrons. The van der Waals surface area contributed by atoms with Crippen LogP contribution >= 0.6 is 0 Å². The molecule has 10 nitrogen and oxygen atoms in total. The summed E-state index contributed by atoms with van der Waals surface area (Å²) in [6.45, 7) is -0.903. The van der Waals surface area contributed by atoms with Crippen LogP contribution in [-0.4, -0.2) is 82.1 Å². The molecule has 0 spiro atoms. The molecule has 2 fully saturated rings. The van der Waals surface area contributed by atoms with Crippen molar-refractivity contribution in [1.82, 2.24) is 10.2 Å². The first-order chi connectivity index (χ1) is 16.2. The summed E-state index contributed by atoms with van der Waals surface area (Å²) in [5.41, 5.74) is 0.271. The van der Waals surface area contributed by atoms with Crippen LogP contribution in [0.3, 0.4) is 0 Å². The van der Waals surface area contributed by atoms with E-state index in [9.17, 15) is 22.8 Å². The van der Waals surface area contributed by atoms with Crippen molar-refractivity contribution in [3.8, 4) is 11.5 Å². The Hall–Kier alpha value is -2.82. The van der Waals surface area contributed by atoms with E-state index in [1.807, 2.05) is 0 Å². The van der Waals surface area contributed by atoms with E-state index in [-0.39, 0.29) is 29.2 Å². The zero-order valence-electron chi connectivity index (χ0n) is 19.6. The van der Waals surface area contributed by atoms with E-state index < -0.39 is 40.8 Å². The van der Waals surface area contributed by atoms with Crippen LogP contribution in [0.5, 0.6) is 11.5 Å². The predicted molar refractivity (Wildman–Crippen MR) is 124 cm³/mol. The van der Waals surface area contributed by atoms with E-state index in [1.165, 1.54) is 26.4 Å². The maximum atomic E-state index is 13.0. The SMILES string of the molecule is COc1ccc(C(=O)NCC(=O)OCC(=O)N(C2CCCCC2)C2CCS(=O)(=O)C2)cc1OC. The summed E-state index contributed by atoms with van der Waals surface area (Å²) >= 11 is 0. The van der Waals surface area contributed by atoms with Gasteiger partial charge in [-0.05, 0) is 37.5 Å². The maximum absolute atomic E-state index is 13.0. The molecule has 1 unspecified atom stereocenters. The van der Waals surface area contributed by atoms with E-state index >= 15 is 0 Å². The normalized spacial score (nSPS) is 19.8. The summed E-state index contributed by atoms with van der Waals surface area (Å²) in [5.74, 6) is -0.807. The second-order valence-electron chi connectivity index (χ2n) is 8.56. The zero-order valence-corrected chi connectivity index (χ0v) is 20.4. The zero-order chi connectivity index (χ0) is 24.7. The molecular formula is C23H32N2O8S. The van der Waals surface area contributed by atoms with Gasteiger partial charge in [0.25, 0.3) is 11.8 Å². The van der Waals surface area contributed by atoms with Crippen LogP contribution in [0, 0.1) is 0 Å². The van der Waals surface area contributed by atoms with Gasteiger partial charge in [-0.3, -0.25) is 14.4 Å². The smallest absolute Gasteiger partial charge is 0.325 e. The molecule has 1 saturated carbocycles. The van der Waals surface area contributed by atoms with E-state index in [1.54, 1.807) is 11.0 Å². The van der Waals surface area contributed by atoms with Gasteiger partial charge in [0.2, 0.25) is 0 Å². The summed E-state index contributed by atoms with van der Waals surface area (Å²) in [5, 5.41) is 2.46. The van der Waals surface area contributed by atoms with Crippen LogP contribution in [0.4, 0.5) is 0 Å². The highest BCUT2D eigenvalue weighted by molar-refractivity contribution is 7.91. The van der Waals surface area contributed by atoms with Gasteiger partial charge in [-0.1, -0.05) is 19.3 Å². The van der Waals surface area contributed by atoms with Gasteiger partial charge in [-0.2, -0.15) is 0 Å². The number of methoxy groups -OCH3 is 2. The quantitative estimate of drug-likeness (QED) is 0.507. The molecule has 3 rings (SSSR count). The minimum absolute atomic E-state index is 0.0389.